The highest BCUT2D eigenvalue weighted by molar-refractivity contribution is 7.82. The van der Waals surface area contributed by atoms with Gasteiger partial charge in [-0.15, -0.1) is 24.0 Å². The second-order valence-corrected chi connectivity index (χ2v) is 9.40. The minimum Gasteiger partial charge on any atom is -0.432 e. The lowest BCUT2D eigenvalue weighted by atomic mass is 10.2. The summed E-state index contributed by atoms with van der Waals surface area (Å²) in [5, 5.41) is 2.66. The van der Waals surface area contributed by atoms with Crippen molar-refractivity contribution >= 4 is 51.6 Å². The molecule has 0 fully saturated rings. The van der Waals surface area contributed by atoms with Gasteiger partial charge in [-0.25, -0.2) is 9.78 Å². The topological polar surface area (TPSA) is 54.5 Å². The van der Waals surface area contributed by atoms with Crippen LogP contribution in [0.4, 0.5) is 38.1 Å². The van der Waals surface area contributed by atoms with Crippen molar-refractivity contribution in [1.82, 2.24) is 4.98 Å². The molecule has 33 heavy (non-hydrogen) atoms. The molecule has 0 saturated heterocycles. The summed E-state index contributed by atoms with van der Waals surface area (Å²) in [6.07, 6.45) is -11.9. The molecule has 2 aromatic carbocycles. The molecule has 0 unspecified atom stereocenters. The number of thiol groups is 1. The quantitative estimate of drug-likeness (QED) is 0.264. The van der Waals surface area contributed by atoms with Crippen molar-refractivity contribution in [2.24, 2.45) is 5.92 Å². The molecule has 2 amide bonds. The molecule has 0 bridgehead atoms. The van der Waals surface area contributed by atoms with Gasteiger partial charge in [0, 0.05) is 17.9 Å². The number of fused-ring (bicyclic) bond motifs is 1. The average Bonchev–Trinajstić information content (AvgIpc) is 3.04. The summed E-state index contributed by atoms with van der Waals surface area (Å²) >= 11 is 5.62. The zero-order chi connectivity index (χ0) is 24.4. The first-order valence-electron chi connectivity index (χ1n) is 9.73. The number of rotatable bonds is 7. The molecule has 178 valence electrons. The maximum Gasteiger partial charge on any atom is 0.406 e. The summed E-state index contributed by atoms with van der Waals surface area (Å²) in [5.74, 6) is -0.320. The van der Waals surface area contributed by atoms with Crippen molar-refractivity contribution < 1.29 is 31.5 Å². The largest absolute Gasteiger partial charge is 0.432 e. The molecule has 0 saturated carbocycles. The van der Waals surface area contributed by atoms with Crippen LogP contribution in [0.25, 0.3) is 10.2 Å². The summed E-state index contributed by atoms with van der Waals surface area (Å²) < 4.78 is 69.2. The minimum absolute atomic E-state index is 0.139. The van der Waals surface area contributed by atoms with E-state index in [1.54, 1.807) is 12.1 Å². The summed E-state index contributed by atoms with van der Waals surface area (Å²) in [6, 6.07) is 9.57. The standard InChI is InChI=1S/C21H20F5N3O2S2/c1-12(2)10-29(14-5-8-16-17(9-14)33-19(32)28-16)18(30)27-13-3-6-15(7-4-13)31-21(25,26)11-20(22,23)24/h3-9,12H,10-11H2,1-2H3,(H,27,30)(H,28,32). The third kappa shape index (κ3) is 7.19. The van der Waals surface area contributed by atoms with Crippen LogP contribution in [0.5, 0.6) is 5.75 Å². The molecule has 0 atom stereocenters. The van der Waals surface area contributed by atoms with Crippen molar-refractivity contribution in [1.29, 1.82) is 0 Å². The number of halogens is 5. The highest BCUT2D eigenvalue weighted by Crippen LogP contribution is 2.34. The Bertz CT molecular complexity index is 1120. The molecular formula is C21H20F5N3O2S2. The number of alkyl halides is 5. The SMILES string of the molecule is CC(C)CN(C(=O)Nc1ccc(OC(F)(F)CC(F)(F)F)cc1)c1ccc2nc(S)sc2c1. The van der Waals surface area contributed by atoms with Crippen LogP contribution in [-0.2, 0) is 0 Å². The van der Waals surface area contributed by atoms with E-state index in [2.05, 4.69) is 27.7 Å². The number of ether oxygens (including phenoxy) is 1. The molecule has 0 radical (unpaired) electrons. The minimum atomic E-state index is -5.08. The van der Waals surface area contributed by atoms with E-state index in [1.165, 1.54) is 28.4 Å². The number of benzene rings is 2. The van der Waals surface area contributed by atoms with Crippen LogP contribution in [0.2, 0.25) is 0 Å². The number of carbonyl (C=O) groups is 1. The number of aromatic nitrogens is 1. The fraction of sp³-hybridized carbons (Fsp3) is 0.333. The number of anilines is 2. The van der Waals surface area contributed by atoms with Crippen molar-refractivity contribution in [3.63, 3.8) is 0 Å². The van der Waals surface area contributed by atoms with Gasteiger partial charge in [-0.1, -0.05) is 13.8 Å². The molecule has 1 aromatic heterocycles. The number of hydrogen-bond donors (Lipinski definition) is 2. The number of nitrogens with one attached hydrogen (secondary N) is 1. The fourth-order valence-corrected chi connectivity index (χ4v) is 4.12. The highest BCUT2D eigenvalue weighted by atomic mass is 32.2. The Balaban J connectivity index is 1.73. The Hall–Kier alpha value is -2.60. The number of hydrogen-bond acceptors (Lipinski definition) is 5. The van der Waals surface area contributed by atoms with Crippen LogP contribution in [0, 0.1) is 5.92 Å². The predicted molar refractivity (Wildman–Crippen MR) is 121 cm³/mol. The van der Waals surface area contributed by atoms with E-state index >= 15 is 0 Å². The van der Waals surface area contributed by atoms with Crippen LogP contribution in [0.15, 0.2) is 46.8 Å². The molecule has 1 N–H and O–H groups in total. The molecule has 3 aromatic rings. The Labute approximate surface area is 196 Å². The van der Waals surface area contributed by atoms with Gasteiger partial charge in [0.05, 0.1) is 10.2 Å². The maximum atomic E-state index is 13.4. The van der Waals surface area contributed by atoms with Crippen molar-refractivity contribution in [2.75, 3.05) is 16.8 Å². The number of nitrogens with zero attached hydrogens (tertiary/aromatic N) is 2. The van der Waals surface area contributed by atoms with Crippen LogP contribution in [0.1, 0.15) is 20.3 Å². The van der Waals surface area contributed by atoms with Crippen molar-refractivity contribution in [3.05, 3.63) is 42.5 Å². The van der Waals surface area contributed by atoms with Gasteiger partial charge in [0.1, 0.15) is 16.5 Å². The smallest absolute Gasteiger partial charge is 0.406 e. The second-order valence-electron chi connectivity index (χ2n) is 7.64. The molecule has 5 nitrogen and oxygen atoms in total. The highest BCUT2D eigenvalue weighted by Gasteiger charge is 2.45. The first-order valence-corrected chi connectivity index (χ1v) is 11.0. The van der Waals surface area contributed by atoms with Gasteiger partial charge in [-0.2, -0.15) is 22.0 Å². The Morgan fingerprint density at radius 2 is 1.82 bits per heavy atom. The summed E-state index contributed by atoms with van der Waals surface area (Å²) in [4.78, 5) is 18.8. The summed E-state index contributed by atoms with van der Waals surface area (Å²) in [6.45, 7) is 4.30. The lowest BCUT2D eigenvalue weighted by Gasteiger charge is -2.25. The Morgan fingerprint density at radius 1 is 1.15 bits per heavy atom. The first kappa shape index (κ1) is 25.0. The molecule has 0 aliphatic heterocycles. The average molecular weight is 506 g/mol. The number of urea groups is 1. The third-order valence-electron chi connectivity index (χ3n) is 4.24. The van der Waals surface area contributed by atoms with E-state index in [-0.39, 0.29) is 11.6 Å². The van der Waals surface area contributed by atoms with Crippen molar-refractivity contribution in [2.45, 2.75) is 36.9 Å². The van der Waals surface area contributed by atoms with E-state index < -0.39 is 30.5 Å². The zero-order valence-electron chi connectivity index (χ0n) is 17.5. The molecule has 0 aliphatic rings. The predicted octanol–water partition coefficient (Wildman–Crippen LogP) is 7.20. The Morgan fingerprint density at radius 3 is 2.42 bits per heavy atom. The van der Waals surface area contributed by atoms with Crippen LogP contribution < -0.4 is 15.0 Å². The molecular weight excluding hydrogens is 485 g/mol. The lowest BCUT2D eigenvalue weighted by molar-refractivity contribution is -0.255. The maximum absolute atomic E-state index is 13.4. The molecule has 3 rings (SSSR count). The second kappa shape index (κ2) is 9.72. The van der Waals surface area contributed by atoms with Gasteiger partial charge in [0.25, 0.3) is 0 Å². The van der Waals surface area contributed by atoms with E-state index in [9.17, 15) is 26.7 Å². The summed E-state index contributed by atoms with van der Waals surface area (Å²) in [5.41, 5.74) is 1.66. The molecule has 0 spiro atoms. The van der Waals surface area contributed by atoms with Crippen molar-refractivity contribution in [3.8, 4) is 5.75 Å². The lowest BCUT2D eigenvalue weighted by Crippen LogP contribution is -2.37. The van der Waals surface area contributed by atoms with Gasteiger partial charge < -0.3 is 10.1 Å². The monoisotopic (exact) mass is 505 g/mol. The van der Waals surface area contributed by atoms with Gasteiger partial charge in [0.2, 0.25) is 0 Å². The first-order chi connectivity index (χ1) is 15.3. The molecule has 0 aliphatic carbocycles. The fourth-order valence-electron chi connectivity index (χ4n) is 2.98. The molecule has 1 heterocycles. The normalized spacial score (nSPS) is 12.3. The van der Waals surface area contributed by atoms with E-state index in [0.29, 0.717) is 16.6 Å². The summed E-state index contributed by atoms with van der Waals surface area (Å²) in [7, 11) is 0. The molecule has 12 heteroatoms. The van der Waals surface area contributed by atoms with Gasteiger partial charge >= 0.3 is 18.3 Å². The van der Waals surface area contributed by atoms with E-state index in [4.69, 9.17) is 0 Å². The van der Waals surface area contributed by atoms with Gasteiger partial charge in [0.15, 0.2) is 0 Å². The number of amides is 2. The van der Waals surface area contributed by atoms with E-state index in [1.807, 2.05) is 19.9 Å². The van der Waals surface area contributed by atoms with Crippen LogP contribution in [-0.4, -0.2) is 29.8 Å². The van der Waals surface area contributed by atoms with Crippen LogP contribution >= 0.6 is 24.0 Å². The third-order valence-corrected chi connectivity index (χ3v) is 5.44. The zero-order valence-corrected chi connectivity index (χ0v) is 19.2. The van der Waals surface area contributed by atoms with Gasteiger partial charge in [-0.05, 0) is 48.4 Å². The number of carbonyl (C=O) groups excluding carboxylic acids is 1. The van der Waals surface area contributed by atoms with E-state index in [0.717, 1.165) is 22.3 Å². The van der Waals surface area contributed by atoms with Crippen LogP contribution in [0.3, 0.4) is 0 Å². The number of thiazole rings is 1. The van der Waals surface area contributed by atoms with Gasteiger partial charge in [-0.3, -0.25) is 4.90 Å². The Kier molecular flexibility index (Phi) is 7.37.